The molecule has 0 fully saturated rings. The van der Waals surface area contributed by atoms with Crippen LogP contribution in [0, 0.1) is 13.8 Å². The van der Waals surface area contributed by atoms with Crippen molar-refractivity contribution in [3.63, 3.8) is 0 Å². The smallest absolute Gasteiger partial charge is 0.251 e. The van der Waals surface area contributed by atoms with Crippen molar-refractivity contribution in [3.05, 3.63) is 77.4 Å². The Morgan fingerprint density at radius 3 is 2.47 bits per heavy atom. The van der Waals surface area contributed by atoms with Gasteiger partial charge in [0.1, 0.15) is 5.75 Å². The lowest BCUT2D eigenvalue weighted by atomic mass is 10.1. The van der Waals surface area contributed by atoms with Crippen LogP contribution in [0.1, 0.15) is 46.9 Å². The second-order valence-electron chi connectivity index (χ2n) is 8.19. The molecular formula is C26H29N5O3. The van der Waals surface area contributed by atoms with Crippen molar-refractivity contribution in [1.29, 1.82) is 0 Å². The van der Waals surface area contributed by atoms with Crippen LogP contribution < -0.4 is 10.1 Å². The number of aryl methyl sites for hydroxylation is 3. The first-order valence-corrected chi connectivity index (χ1v) is 11.4. The van der Waals surface area contributed by atoms with Gasteiger partial charge < -0.3 is 14.6 Å². The van der Waals surface area contributed by atoms with E-state index in [0.717, 1.165) is 47.7 Å². The van der Waals surface area contributed by atoms with Crippen molar-refractivity contribution in [2.75, 3.05) is 13.7 Å². The molecule has 0 unspecified atom stereocenters. The molecule has 0 aliphatic heterocycles. The van der Waals surface area contributed by atoms with Gasteiger partial charge in [0.15, 0.2) is 0 Å². The first-order chi connectivity index (χ1) is 16.5. The van der Waals surface area contributed by atoms with Gasteiger partial charge in [-0.1, -0.05) is 11.6 Å². The maximum atomic E-state index is 12.4. The van der Waals surface area contributed by atoms with E-state index in [1.165, 1.54) is 0 Å². The fraction of sp³-hybridized carbons (Fsp3) is 0.308. The lowest BCUT2D eigenvalue weighted by Gasteiger charge is -2.07. The van der Waals surface area contributed by atoms with Gasteiger partial charge in [-0.25, -0.2) is 4.68 Å². The Labute approximate surface area is 199 Å². The first-order valence-electron chi connectivity index (χ1n) is 11.4. The van der Waals surface area contributed by atoms with Crippen LogP contribution >= 0.6 is 0 Å². The summed E-state index contributed by atoms with van der Waals surface area (Å²) >= 11 is 0. The van der Waals surface area contributed by atoms with E-state index in [9.17, 15) is 4.79 Å². The lowest BCUT2D eigenvalue weighted by Crippen LogP contribution is -2.24. The van der Waals surface area contributed by atoms with E-state index < -0.39 is 0 Å². The molecule has 4 rings (SSSR count). The number of methoxy groups -OCH3 is 1. The van der Waals surface area contributed by atoms with Crippen LogP contribution in [0.3, 0.4) is 0 Å². The average molecular weight is 460 g/mol. The summed E-state index contributed by atoms with van der Waals surface area (Å²) in [6.45, 7) is 4.60. The number of rotatable bonds is 10. The van der Waals surface area contributed by atoms with Gasteiger partial charge in [0.25, 0.3) is 5.91 Å². The van der Waals surface area contributed by atoms with Crippen LogP contribution in [0.5, 0.6) is 5.75 Å². The van der Waals surface area contributed by atoms with E-state index in [1.54, 1.807) is 7.11 Å². The molecule has 0 saturated heterocycles. The predicted molar refractivity (Wildman–Crippen MR) is 129 cm³/mol. The maximum Gasteiger partial charge on any atom is 0.251 e. The molecule has 0 atom stereocenters. The zero-order valence-electron chi connectivity index (χ0n) is 19.7. The maximum absolute atomic E-state index is 12.4. The molecule has 0 radical (unpaired) electrons. The molecule has 0 spiro atoms. The minimum atomic E-state index is -0.0686. The highest BCUT2D eigenvalue weighted by atomic mass is 16.5. The number of benzene rings is 2. The third-order valence-electron chi connectivity index (χ3n) is 5.55. The van der Waals surface area contributed by atoms with E-state index in [1.807, 2.05) is 73.1 Å². The van der Waals surface area contributed by atoms with Crippen molar-refractivity contribution >= 4 is 5.91 Å². The van der Waals surface area contributed by atoms with Gasteiger partial charge in [-0.3, -0.25) is 4.79 Å². The molecule has 1 N–H and O–H groups in total. The van der Waals surface area contributed by atoms with Gasteiger partial charge in [-0.2, -0.15) is 10.1 Å². The number of carbonyl (C=O) groups is 1. The van der Waals surface area contributed by atoms with Crippen LogP contribution in [-0.4, -0.2) is 39.5 Å². The van der Waals surface area contributed by atoms with E-state index in [4.69, 9.17) is 9.26 Å². The fourth-order valence-electron chi connectivity index (χ4n) is 3.74. The first kappa shape index (κ1) is 23.2. The van der Waals surface area contributed by atoms with Gasteiger partial charge in [0.2, 0.25) is 11.7 Å². The third-order valence-corrected chi connectivity index (χ3v) is 5.55. The Morgan fingerprint density at radius 1 is 1.03 bits per heavy atom. The molecule has 0 saturated carbocycles. The quantitative estimate of drug-likeness (QED) is 0.346. The molecule has 1 amide bonds. The largest absolute Gasteiger partial charge is 0.497 e. The molecule has 8 heteroatoms. The van der Waals surface area contributed by atoms with Crippen LogP contribution in [0.25, 0.3) is 17.1 Å². The number of hydrogen-bond acceptors (Lipinski definition) is 6. The summed E-state index contributed by atoms with van der Waals surface area (Å²) in [6.07, 6.45) is 3.47. The van der Waals surface area contributed by atoms with Crippen molar-refractivity contribution in [2.24, 2.45) is 0 Å². The number of ether oxygens (including phenoxy) is 1. The topological polar surface area (TPSA) is 95.1 Å². The molecule has 2 aromatic carbocycles. The van der Waals surface area contributed by atoms with Crippen molar-refractivity contribution in [2.45, 2.75) is 39.5 Å². The Kier molecular flexibility index (Phi) is 7.37. The number of unbranched alkanes of at least 4 members (excludes halogenated alkanes) is 2. The van der Waals surface area contributed by atoms with Gasteiger partial charge in [0.05, 0.1) is 18.5 Å². The highest BCUT2D eigenvalue weighted by Crippen LogP contribution is 2.20. The zero-order valence-corrected chi connectivity index (χ0v) is 19.7. The molecule has 0 aliphatic rings. The summed E-state index contributed by atoms with van der Waals surface area (Å²) in [5.74, 6) is 1.92. The van der Waals surface area contributed by atoms with E-state index in [-0.39, 0.29) is 5.91 Å². The Balaban J connectivity index is 1.17. The van der Waals surface area contributed by atoms with Crippen LogP contribution in [-0.2, 0) is 6.42 Å². The van der Waals surface area contributed by atoms with Crippen LogP contribution in [0.2, 0.25) is 0 Å². The summed E-state index contributed by atoms with van der Waals surface area (Å²) in [7, 11) is 1.63. The Bertz CT molecular complexity index is 1230. The molecule has 0 bridgehead atoms. The standard InChI is InChI=1S/C26H29N5O3/c1-18-17-19(2)31(29-18)22-12-8-21(9-13-22)26(32)27-16-6-4-5-7-24-28-25(30-34-24)20-10-14-23(33-3)15-11-20/h8-15,17H,4-7,16H2,1-3H3,(H,27,32). The Morgan fingerprint density at radius 2 is 1.79 bits per heavy atom. The number of amides is 1. The summed E-state index contributed by atoms with van der Waals surface area (Å²) in [5.41, 5.74) is 4.50. The molecule has 2 aromatic heterocycles. The van der Waals surface area contributed by atoms with Crippen molar-refractivity contribution in [3.8, 4) is 22.8 Å². The molecular weight excluding hydrogens is 430 g/mol. The number of nitrogens with zero attached hydrogens (tertiary/aromatic N) is 4. The zero-order chi connectivity index (χ0) is 23.9. The van der Waals surface area contributed by atoms with Crippen LogP contribution in [0.4, 0.5) is 0 Å². The summed E-state index contributed by atoms with van der Waals surface area (Å²) in [6, 6.07) is 17.1. The molecule has 34 heavy (non-hydrogen) atoms. The highest BCUT2D eigenvalue weighted by molar-refractivity contribution is 5.94. The number of carbonyl (C=O) groups excluding carboxylic acids is 1. The third kappa shape index (κ3) is 5.70. The van der Waals surface area contributed by atoms with E-state index >= 15 is 0 Å². The summed E-state index contributed by atoms with van der Waals surface area (Å²) in [5, 5.41) is 11.5. The monoisotopic (exact) mass is 459 g/mol. The van der Waals surface area contributed by atoms with Gasteiger partial charge in [0, 0.05) is 29.8 Å². The van der Waals surface area contributed by atoms with E-state index in [0.29, 0.717) is 30.2 Å². The van der Waals surface area contributed by atoms with Crippen molar-refractivity contribution < 1.29 is 14.1 Å². The second-order valence-corrected chi connectivity index (χ2v) is 8.19. The van der Waals surface area contributed by atoms with E-state index in [2.05, 4.69) is 20.6 Å². The fourth-order valence-corrected chi connectivity index (χ4v) is 3.74. The minimum absolute atomic E-state index is 0.0686. The van der Waals surface area contributed by atoms with Crippen molar-refractivity contribution in [1.82, 2.24) is 25.2 Å². The molecule has 176 valence electrons. The highest BCUT2D eigenvalue weighted by Gasteiger charge is 2.10. The summed E-state index contributed by atoms with van der Waals surface area (Å²) < 4.78 is 12.4. The minimum Gasteiger partial charge on any atom is -0.497 e. The number of hydrogen-bond donors (Lipinski definition) is 1. The number of nitrogens with one attached hydrogen (secondary N) is 1. The van der Waals surface area contributed by atoms with Gasteiger partial charge in [-0.05, 0) is 81.3 Å². The van der Waals surface area contributed by atoms with Gasteiger partial charge in [-0.15, -0.1) is 0 Å². The SMILES string of the molecule is COc1ccc(-c2noc(CCCCCNC(=O)c3ccc(-n4nc(C)cc4C)cc3)n2)cc1. The molecule has 8 nitrogen and oxygen atoms in total. The second kappa shape index (κ2) is 10.8. The molecule has 4 aromatic rings. The Hall–Kier alpha value is -3.94. The average Bonchev–Trinajstić information content (AvgIpc) is 3.47. The van der Waals surface area contributed by atoms with Gasteiger partial charge >= 0.3 is 0 Å². The van der Waals surface area contributed by atoms with Crippen LogP contribution in [0.15, 0.2) is 59.1 Å². The molecule has 2 heterocycles. The lowest BCUT2D eigenvalue weighted by molar-refractivity contribution is 0.0953. The summed E-state index contributed by atoms with van der Waals surface area (Å²) in [4.78, 5) is 16.9. The molecule has 0 aliphatic carbocycles. The predicted octanol–water partition coefficient (Wildman–Crippen LogP) is 4.69. The normalized spacial score (nSPS) is 10.9. The number of aromatic nitrogens is 4.